The second-order valence-electron chi connectivity index (χ2n) is 6.01. The third-order valence-corrected chi connectivity index (χ3v) is 4.28. The largest absolute Gasteiger partial charge is 0.497 e. The molecule has 2 N–H and O–H groups in total. The summed E-state index contributed by atoms with van der Waals surface area (Å²) in [6.45, 7) is 1.33. The van der Waals surface area contributed by atoms with Gasteiger partial charge in [-0.05, 0) is 43.2 Å². The van der Waals surface area contributed by atoms with Crippen molar-refractivity contribution in [2.24, 2.45) is 5.92 Å². The number of benzene rings is 1. The van der Waals surface area contributed by atoms with Gasteiger partial charge in [0.25, 0.3) is 5.91 Å². The number of methoxy groups -OCH3 is 1. The molecule has 0 bridgehead atoms. The summed E-state index contributed by atoms with van der Waals surface area (Å²) in [5, 5.41) is 0. The molecule has 26 heavy (non-hydrogen) atoms. The van der Waals surface area contributed by atoms with Crippen LogP contribution < -0.4 is 20.5 Å². The zero-order valence-electron chi connectivity index (χ0n) is 14.5. The average molecular weight is 355 g/mol. The molecule has 136 valence electrons. The number of amides is 2. The lowest BCUT2D eigenvalue weighted by Crippen LogP contribution is -2.49. The van der Waals surface area contributed by atoms with Crippen molar-refractivity contribution in [3.05, 3.63) is 48.3 Å². The van der Waals surface area contributed by atoms with Gasteiger partial charge in [0.2, 0.25) is 11.9 Å². The molecule has 1 atom stereocenters. The Bertz CT molecular complexity index is 751. The van der Waals surface area contributed by atoms with Crippen molar-refractivity contribution in [3.63, 3.8) is 0 Å². The Hall–Kier alpha value is -3.16. The van der Waals surface area contributed by atoms with Crippen LogP contribution in [0.15, 0.2) is 42.7 Å². The van der Waals surface area contributed by atoms with E-state index in [1.807, 2.05) is 4.90 Å². The van der Waals surface area contributed by atoms with E-state index < -0.39 is 0 Å². The van der Waals surface area contributed by atoms with Crippen LogP contribution in [0.3, 0.4) is 0 Å². The number of rotatable bonds is 4. The first-order valence-corrected chi connectivity index (χ1v) is 8.43. The Labute approximate surface area is 151 Å². The summed E-state index contributed by atoms with van der Waals surface area (Å²) < 4.78 is 5.06. The Balaban J connectivity index is 1.53. The minimum atomic E-state index is -0.375. The summed E-state index contributed by atoms with van der Waals surface area (Å²) in [5.41, 5.74) is 5.41. The quantitative estimate of drug-likeness (QED) is 0.799. The molecule has 1 aromatic carbocycles. The molecule has 8 nitrogen and oxygen atoms in total. The van der Waals surface area contributed by atoms with Crippen molar-refractivity contribution in [1.82, 2.24) is 20.8 Å². The fourth-order valence-electron chi connectivity index (χ4n) is 2.86. The van der Waals surface area contributed by atoms with E-state index in [2.05, 4.69) is 20.8 Å². The number of nitrogens with zero attached hydrogens (tertiary/aromatic N) is 3. The topological polar surface area (TPSA) is 96.5 Å². The molecule has 1 aliphatic heterocycles. The standard InChI is InChI=1S/C18H21N5O3/c1-26-15-7-5-13(6-8-15)16(24)21-22-17(25)14-4-2-11-23(12-14)18-19-9-3-10-20-18/h3,5-10,14H,2,4,11-12H2,1H3,(H,21,24)(H,22,25)/t14-/m1/s1. The van der Waals surface area contributed by atoms with E-state index in [4.69, 9.17) is 4.74 Å². The molecule has 0 aliphatic carbocycles. The minimum Gasteiger partial charge on any atom is -0.497 e. The van der Waals surface area contributed by atoms with E-state index in [1.54, 1.807) is 49.8 Å². The Morgan fingerprint density at radius 1 is 1.15 bits per heavy atom. The monoisotopic (exact) mass is 355 g/mol. The van der Waals surface area contributed by atoms with E-state index in [-0.39, 0.29) is 17.7 Å². The molecule has 0 saturated carbocycles. The highest BCUT2D eigenvalue weighted by molar-refractivity contribution is 5.95. The Morgan fingerprint density at radius 2 is 1.88 bits per heavy atom. The number of anilines is 1. The number of nitrogens with one attached hydrogen (secondary N) is 2. The maximum absolute atomic E-state index is 12.4. The molecule has 1 saturated heterocycles. The molecule has 0 unspecified atom stereocenters. The molecule has 2 heterocycles. The first-order valence-electron chi connectivity index (χ1n) is 8.43. The van der Waals surface area contributed by atoms with Crippen molar-refractivity contribution in [3.8, 4) is 5.75 Å². The second kappa shape index (κ2) is 8.28. The summed E-state index contributed by atoms with van der Waals surface area (Å²) in [5.74, 6) is 0.458. The van der Waals surface area contributed by atoms with Crippen molar-refractivity contribution < 1.29 is 14.3 Å². The van der Waals surface area contributed by atoms with Gasteiger partial charge in [-0.2, -0.15) is 0 Å². The van der Waals surface area contributed by atoms with Crippen LogP contribution in [-0.2, 0) is 4.79 Å². The summed E-state index contributed by atoms with van der Waals surface area (Å²) in [6, 6.07) is 8.41. The predicted molar refractivity (Wildman–Crippen MR) is 95.6 cm³/mol. The highest BCUT2D eigenvalue weighted by atomic mass is 16.5. The SMILES string of the molecule is COc1ccc(C(=O)NNC(=O)[C@@H]2CCCN(c3ncccn3)C2)cc1. The van der Waals surface area contributed by atoms with E-state index in [9.17, 15) is 9.59 Å². The molecular weight excluding hydrogens is 334 g/mol. The Kier molecular flexibility index (Phi) is 5.62. The molecule has 1 fully saturated rings. The molecule has 0 radical (unpaired) electrons. The van der Waals surface area contributed by atoms with Crippen molar-refractivity contribution >= 4 is 17.8 Å². The van der Waals surface area contributed by atoms with Gasteiger partial charge >= 0.3 is 0 Å². The van der Waals surface area contributed by atoms with Crippen LogP contribution in [0.4, 0.5) is 5.95 Å². The second-order valence-corrected chi connectivity index (χ2v) is 6.01. The van der Waals surface area contributed by atoms with Crippen molar-refractivity contribution in [2.75, 3.05) is 25.1 Å². The summed E-state index contributed by atoms with van der Waals surface area (Å²) in [7, 11) is 1.56. The normalized spacial score (nSPS) is 16.7. The molecular formula is C18H21N5O3. The third kappa shape index (κ3) is 4.27. The van der Waals surface area contributed by atoms with Gasteiger partial charge in [0.15, 0.2) is 0 Å². The van der Waals surface area contributed by atoms with E-state index >= 15 is 0 Å². The lowest BCUT2D eigenvalue weighted by molar-refractivity contribution is -0.126. The number of aromatic nitrogens is 2. The van der Waals surface area contributed by atoms with Crippen LogP contribution in [0.2, 0.25) is 0 Å². The highest BCUT2D eigenvalue weighted by Crippen LogP contribution is 2.20. The van der Waals surface area contributed by atoms with Crippen LogP contribution >= 0.6 is 0 Å². The average Bonchev–Trinajstić information content (AvgIpc) is 2.72. The fraction of sp³-hybridized carbons (Fsp3) is 0.333. The molecule has 3 rings (SSSR count). The predicted octanol–water partition coefficient (Wildman–Crippen LogP) is 1.16. The number of hydrazine groups is 1. The molecule has 0 spiro atoms. The number of hydrogen-bond donors (Lipinski definition) is 2. The van der Waals surface area contributed by atoms with Gasteiger partial charge in [0.1, 0.15) is 5.75 Å². The lowest BCUT2D eigenvalue weighted by atomic mass is 9.98. The number of ether oxygens (including phenoxy) is 1. The first kappa shape index (κ1) is 17.7. The third-order valence-electron chi connectivity index (χ3n) is 4.28. The van der Waals surface area contributed by atoms with Gasteiger partial charge < -0.3 is 9.64 Å². The van der Waals surface area contributed by atoms with Gasteiger partial charge in [-0.15, -0.1) is 0 Å². The number of piperidine rings is 1. The summed E-state index contributed by atoms with van der Waals surface area (Å²) in [6.07, 6.45) is 4.98. The molecule has 2 amide bonds. The molecule has 1 aliphatic rings. The van der Waals surface area contributed by atoms with Crippen molar-refractivity contribution in [1.29, 1.82) is 0 Å². The van der Waals surface area contributed by atoms with E-state index in [0.717, 1.165) is 19.4 Å². The maximum atomic E-state index is 12.4. The number of hydrogen-bond acceptors (Lipinski definition) is 6. The first-order chi connectivity index (χ1) is 12.7. The number of carbonyl (C=O) groups excluding carboxylic acids is 2. The summed E-state index contributed by atoms with van der Waals surface area (Å²) >= 11 is 0. The van der Waals surface area contributed by atoms with Crippen LogP contribution in [0.5, 0.6) is 5.75 Å². The maximum Gasteiger partial charge on any atom is 0.269 e. The molecule has 1 aromatic heterocycles. The Morgan fingerprint density at radius 3 is 2.58 bits per heavy atom. The van der Waals surface area contributed by atoms with Gasteiger partial charge in [-0.25, -0.2) is 9.97 Å². The van der Waals surface area contributed by atoms with Crippen LogP contribution in [0.1, 0.15) is 23.2 Å². The van der Waals surface area contributed by atoms with Crippen LogP contribution in [-0.4, -0.2) is 42.0 Å². The number of carbonyl (C=O) groups is 2. The minimum absolute atomic E-state index is 0.215. The van der Waals surface area contributed by atoms with Gasteiger partial charge in [0, 0.05) is 31.0 Å². The fourth-order valence-corrected chi connectivity index (χ4v) is 2.86. The van der Waals surface area contributed by atoms with Gasteiger partial charge in [-0.1, -0.05) is 0 Å². The highest BCUT2D eigenvalue weighted by Gasteiger charge is 2.27. The zero-order valence-corrected chi connectivity index (χ0v) is 14.5. The molecule has 8 heteroatoms. The van der Waals surface area contributed by atoms with Gasteiger partial charge in [0.05, 0.1) is 13.0 Å². The van der Waals surface area contributed by atoms with E-state index in [1.165, 1.54) is 0 Å². The van der Waals surface area contributed by atoms with Crippen LogP contribution in [0, 0.1) is 5.92 Å². The summed E-state index contributed by atoms with van der Waals surface area (Å²) in [4.78, 5) is 35.0. The smallest absolute Gasteiger partial charge is 0.269 e. The molecule has 2 aromatic rings. The van der Waals surface area contributed by atoms with Gasteiger partial charge in [-0.3, -0.25) is 20.4 Å². The zero-order chi connectivity index (χ0) is 18.4. The van der Waals surface area contributed by atoms with Crippen molar-refractivity contribution in [2.45, 2.75) is 12.8 Å². The lowest BCUT2D eigenvalue weighted by Gasteiger charge is -2.31. The van der Waals surface area contributed by atoms with E-state index in [0.29, 0.717) is 23.8 Å². The van der Waals surface area contributed by atoms with Crippen LogP contribution in [0.25, 0.3) is 0 Å².